The van der Waals surface area contributed by atoms with E-state index in [2.05, 4.69) is 255 Å². The molecule has 0 unspecified atom stereocenters. The van der Waals surface area contributed by atoms with Gasteiger partial charge in [0.2, 0.25) is 0 Å². The molecule has 2 aliphatic rings. The van der Waals surface area contributed by atoms with Crippen LogP contribution in [0.25, 0.3) is 121 Å². The van der Waals surface area contributed by atoms with Gasteiger partial charge in [0, 0.05) is 73.5 Å². The monoisotopic (exact) mass is 1390 g/mol. The van der Waals surface area contributed by atoms with Gasteiger partial charge < -0.3 is 23.5 Å². The summed E-state index contributed by atoms with van der Waals surface area (Å²) in [4.78, 5) is 4.66. The van der Waals surface area contributed by atoms with Crippen molar-refractivity contribution in [3.8, 4) is 55.9 Å². The normalized spacial score (nSPS) is 14.9. The quantitative estimate of drug-likeness (QED) is 0.141. The minimum Gasteiger partial charge on any atom is -0.340 e. The van der Waals surface area contributed by atoms with Crippen molar-refractivity contribution in [2.24, 2.45) is 7.05 Å². The molecule has 5 heterocycles. The van der Waals surface area contributed by atoms with Crippen LogP contribution < -0.4 is 26.2 Å². The molecule has 0 saturated heterocycles. The molecule has 0 radical (unpaired) electrons. The summed E-state index contributed by atoms with van der Waals surface area (Å²) in [6, 6.07) is 71.5. The lowest BCUT2D eigenvalue weighted by molar-refractivity contribution is 0.569. The molecule has 0 saturated carbocycles. The van der Waals surface area contributed by atoms with Gasteiger partial charge in [-0.3, -0.25) is 0 Å². The molecular formula is C101H88BN5. The van der Waals surface area contributed by atoms with Gasteiger partial charge in [-0.1, -0.05) is 283 Å². The number of benzene rings is 14. The molecule has 5 nitrogen and oxygen atoms in total. The summed E-state index contributed by atoms with van der Waals surface area (Å²) in [6.07, 6.45) is 0. The van der Waals surface area contributed by atoms with E-state index in [1.807, 2.05) is 72.8 Å². The minimum atomic E-state index is -0.680. The maximum atomic E-state index is 9.89. The molecular weight excluding hydrogens is 1290 g/mol. The number of nitrogens with zero attached hydrogens (tertiary/aromatic N) is 5. The van der Waals surface area contributed by atoms with Gasteiger partial charge in [0.05, 0.1) is 62.3 Å². The lowest BCUT2D eigenvalue weighted by Gasteiger charge is -2.45. The van der Waals surface area contributed by atoms with E-state index in [1.54, 1.807) is 4.57 Å². The van der Waals surface area contributed by atoms with Gasteiger partial charge in [-0.05, 0) is 202 Å². The molecule has 107 heavy (non-hydrogen) atoms. The molecule has 0 fully saturated rings. The minimum absolute atomic E-state index is 0.0206. The van der Waals surface area contributed by atoms with E-state index in [4.69, 9.17) is 6.85 Å². The van der Waals surface area contributed by atoms with Crippen LogP contribution in [0.2, 0.25) is 0 Å². The average Bonchev–Trinajstić information content (AvgIpc) is 0.849. The van der Waals surface area contributed by atoms with Gasteiger partial charge in [0.1, 0.15) is 0 Å². The zero-order chi connectivity index (χ0) is 84.6. The first-order valence-corrected chi connectivity index (χ1v) is 37.1. The zero-order valence-electron chi connectivity index (χ0n) is 75.6. The lowest BCUT2D eigenvalue weighted by atomic mass is 9.33. The second kappa shape index (κ2) is 24.1. The van der Waals surface area contributed by atoms with Crippen LogP contribution in [0.15, 0.2) is 297 Å². The van der Waals surface area contributed by atoms with Crippen LogP contribution in [0.5, 0.6) is 0 Å². The Kier molecular flexibility index (Phi) is 11.9. The highest BCUT2D eigenvalue weighted by molar-refractivity contribution is 7.00. The largest absolute Gasteiger partial charge is 0.340 e. The van der Waals surface area contributed by atoms with Crippen LogP contribution in [0, 0.1) is 0 Å². The fourth-order valence-electron chi connectivity index (χ4n) is 16.9. The molecule has 17 aromatic rings. The highest BCUT2D eigenvalue weighted by Gasteiger charge is 2.45. The molecule has 6 heteroatoms. The fraction of sp³-hybridized carbons (Fsp3) is 0.168. The fourth-order valence-corrected chi connectivity index (χ4v) is 16.9. The maximum absolute atomic E-state index is 9.89. The van der Waals surface area contributed by atoms with Gasteiger partial charge in [0.25, 0.3) is 6.71 Å². The molecule has 0 bridgehead atoms. The number of anilines is 6. The van der Waals surface area contributed by atoms with Crippen molar-refractivity contribution in [1.29, 1.82) is 0 Å². The van der Waals surface area contributed by atoms with Crippen LogP contribution in [0.3, 0.4) is 0 Å². The van der Waals surface area contributed by atoms with Crippen LogP contribution in [-0.2, 0) is 28.7 Å². The second-order valence-corrected chi connectivity index (χ2v) is 33.3. The summed E-state index contributed by atoms with van der Waals surface area (Å²) in [5, 5.41) is 4.18. The predicted molar refractivity (Wildman–Crippen MR) is 460 cm³/mol. The Morgan fingerprint density at radius 2 is 0.738 bits per heavy atom. The Balaban J connectivity index is 0.995. The molecule has 2 aliphatic heterocycles. The van der Waals surface area contributed by atoms with Gasteiger partial charge in [0.15, 0.2) is 0 Å². The first-order chi connectivity index (χ1) is 56.9. The molecule has 520 valence electrons. The topological polar surface area (TPSA) is 21.3 Å². The molecule has 3 aromatic heterocycles. The molecule has 0 aliphatic carbocycles. The zero-order valence-corrected chi connectivity index (χ0v) is 62.6. The highest BCUT2D eigenvalue weighted by atomic mass is 15.2. The summed E-state index contributed by atoms with van der Waals surface area (Å²) in [5.41, 5.74) is 22.0. The third-order valence-electron chi connectivity index (χ3n) is 22.5. The van der Waals surface area contributed by atoms with Gasteiger partial charge in [-0.2, -0.15) is 0 Å². The Morgan fingerprint density at radius 3 is 1.29 bits per heavy atom. The number of rotatable bonds is 8. The predicted octanol–water partition coefficient (Wildman–Crippen LogP) is 25.5. The van der Waals surface area contributed by atoms with Crippen molar-refractivity contribution in [2.75, 3.05) is 9.80 Å². The maximum Gasteiger partial charge on any atom is 0.252 e. The van der Waals surface area contributed by atoms with E-state index >= 15 is 0 Å². The first kappa shape index (κ1) is 53.0. The van der Waals surface area contributed by atoms with Crippen molar-refractivity contribution in [1.82, 2.24) is 13.7 Å². The molecule has 19 rings (SSSR count). The van der Waals surface area contributed by atoms with E-state index < -0.39 is 73.2 Å². The third-order valence-corrected chi connectivity index (χ3v) is 22.5. The van der Waals surface area contributed by atoms with Crippen LogP contribution >= 0.6 is 0 Å². The number of aryl methyl sites for hydroxylation is 1. The Labute approximate surface area is 647 Å². The number of hydrogen-bond acceptors (Lipinski definition) is 2. The van der Waals surface area contributed by atoms with E-state index in [0.29, 0.717) is 22.6 Å². The Morgan fingerprint density at radius 1 is 0.271 bits per heavy atom. The van der Waals surface area contributed by atoms with Crippen molar-refractivity contribution >= 4 is 123 Å². The van der Waals surface area contributed by atoms with Crippen LogP contribution in [0.4, 0.5) is 34.1 Å². The van der Waals surface area contributed by atoms with E-state index in [-0.39, 0.29) is 61.1 Å². The molecule has 0 spiro atoms. The smallest absolute Gasteiger partial charge is 0.252 e. The van der Waals surface area contributed by atoms with Crippen LogP contribution in [0.1, 0.15) is 123 Å². The average molecular weight is 1400 g/mol. The van der Waals surface area contributed by atoms with Crippen molar-refractivity contribution < 1.29 is 17.8 Å². The van der Waals surface area contributed by atoms with Crippen molar-refractivity contribution in [3.63, 3.8) is 0 Å². The summed E-state index contributed by atoms with van der Waals surface area (Å²) < 4.78 is 129. The number of aromatic nitrogens is 3. The van der Waals surface area contributed by atoms with Crippen molar-refractivity contribution in [3.05, 3.63) is 319 Å². The molecule has 0 N–H and O–H groups in total. The Bertz CT molecular complexity index is 7070. The number of para-hydroxylation sites is 4. The number of hydrogen-bond donors (Lipinski definition) is 0. The van der Waals surface area contributed by atoms with Gasteiger partial charge in [-0.25, -0.2) is 0 Å². The lowest BCUT2D eigenvalue weighted by Crippen LogP contribution is -2.61. The Hall–Kier alpha value is -11.9. The van der Waals surface area contributed by atoms with Crippen LogP contribution in [-0.4, -0.2) is 20.4 Å². The molecule has 14 aromatic carbocycles. The third kappa shape index (κ3) is 10.6. The SMILES string of the molecule is [2H]c1c([2H])c([2H])c(-c2ccc3c(c2)N(c2cc(-c4ccccc4)cc(-c4ccccc4)c2)c2cc(-c4cc(C(C)(C)C)cc(C(C)(C)C)c4)cc4c2B3c2ccc(-n3c5c([2H])c([2H])c([2H])c([2H])c5c5c([2H])c([2H])c([2H])c([2H])c53)cc2N4c2cccc3c4cccc(-n5c6ccc(C(C)(C)C)cc6c6cc(C(C)(C)C)ccc65)c4n(C)c23)c([2H])c1[2H]. The molecule has 0 atom stereocenters. The standard InChI is InChI=1S/C101H88BN5/c1-98(2,3)71-44-49-87-81(60-71)82-61-72(99(4,5)6)45-50-88(82)106(87)89-41-27-37-79-80-38-28-42-90(97(80)103(13)96(79)89)107-92-62-75(104-85-39-25-23-35-77(85)78-36-24-26-40-86(78)104)46-48-84(92)102-83-47-43-66(63-29-17-14-18-30-63)56-91(83)105(76-54-67(64-31-19-15-20-32-64)51-68(55-76)65-33-21-16-22-34-65)93-57-70(58-94(107)95(93)102)69-52-73(100(7,8)9)59-74(53-69)101(10,11)12/h14-62H,1-13H3/i14D,17D,18D,23D,24D,25D,26D,29D,30D,35D,36D,39D,40D. The van der Waals surface area contributed by atoms with E-state index in [1.165, 1.54) is 11.1 Å². The first-order valence-electron chi connectivity index (χ1n) is 43.6. The van der Waals surface area contributed by atoms with E-state index in [0.717, 1.165) is 133 Å². The van der Waals surface area contributed by atoms with Gasteiger partial charge >= 0.3 is 0 Å². The van der Waals surface area contributed by atoms with E-state index in [9.17, 15) is 11.0 Å². The summed E-state index contributed by atoms with van der Waals surface area (Å²) in [7, 11) is 2.15. The molecule has 0 amide bonds. The highest BCUT2D eigenvalue weighted by Crippen LogP contribution is 2.52. The summed E-state index contributed by atoms with van der Waals surface area (Å²) in [5.74, 6) is 0. The van der Waals surface area contributed by atoms with Crippen molar-refractivity contribution in [2.45, 2.75) is 105 Å². The van der Waals surface area contributed by atoms with Gasteiger partial charge in [-0.15, -0.1) is 0 Å². The summed E-state index contributed by atoms with van der Waals surface area (Å²) >= 11 is 0. The number of fused-ring (bicyclic) bond motifs is 13. The second-order valence-electron chi connectivity index (χ2n) is 33.3. The summed E-state index contributed by atoms with van der Waals surface area (Å²) in [6.45, 7) is 26.3.